The smallest absolute Gasteiger partial charge is 0.294 e. The summed E-state index contributed by atoms with van der Waals surface area (Å²) in [6.07, 6.45) is 6.62. The predicted octanol–water partition coefficient (Wildman–Crippen LogP) is 6.39. The highest BCUT2D eigenvalue weighted by molar-refractivity contribution is 7.15. The Morgan fingerprint density at radius 3 is 2.54 bits per heavy atom. The van der Waals surface area contributed by atoms with Gasteiger partial charge in [0.25, 0.3) is 0 Å². The van der Waals surface area contributed by atoms with Gasteiger partial charge in [0.05, 0.1) is 4.92 Å². The quantitative estimate of drug-likeness (QED) is 0.344. The third-order valence-corrected chi connectivity index (χ3v) is 6.74. The van der Waals surface area contributed by atoms with Crippen LogP contribution in [0, 0.1) is 16.0 Å². The van der Waals surface area contributed by atoms with Crippen LogP contribution >= 0.6 is 11.3 Å². The third-order valence-electron chi connectivity index (χ3n) is 5.72. The van der Waals surface area contributed by atoms with E-state index in [4.69, 9.17) is 0 Å². The SMILES string of the molecule is O=[N+]([O-])c1ccc(CN(Cc2cccc3ccccc23)CC2CCCCC2)s1. The Morgan fingerprint density at radius 1 is 0.964 bits per heavy atom. The molecule has 5 heteroatoms. The molecule has 0 saturated heterocycles. The van der Waals surface area contributed by atoms with Gasteiger partial charge in [0.1, 0.15) is 0 Å². The van der Waals surface area contributed by atoms with Crippen molar-refractivity contribution in [3.8, 4) is 0 Å². The molecule has 2 aromatic carbocycles. The van der Waals surface area contributed by atoms with Gasteiger partial charge in [-0.15, -0.1) is 0 Å². The molecule has 0 amide bonds. The van der Waals surface area contributed by atoms with Crippen LogP contribution in [-0.4, -0.2) is 16.4 Å². The molecule has 0 N–H and O–H groups in total. The Morgan fingerprint density at radius 2 is 1.75 bits per heavy atom. The maximum absolute atomic E-state index is 11.1. The zero-order chi connectivity index (χ0) is 19.3. The van der Waals surface area contributed by atoms with Crippen LogP contribution in [0.2, 0.25) is 0 Å². The van der Waals surface area contributed by atoms with E-state index in [0.29, 0.717) is 0 Å². The average molecular weight is 395 g/mol. The Hall–Kier alpha value is -2.24. The fourth-order valence-corrected chi connectivity index (χ4v) is 5.22. The van der Waals surface area contributed by atoms with Crippen LogP contribution in [0.3, 0.4) is 0 Å². The van der Waals surface area contributed by atoms with Crippen LogP contribution < -0.4 is 0 Å². The van der Waals surface area contributed by atoms with E-state index < -0.39 is 0 Å². The summed E-state index contributed by atoms with van der Waals surface area (Å²) in [6.45, 7) is 2.72. The predicted molar refractivity (Wildman–Crippen MR) is 116 cm³/mol. The maximum atomic E-state index is 11.1. The van der Waals surface area contributed by atoms with Gasteiger partial charge in [0.15, 0.2) is 0 Å². The summed E-state index contributed by atoms with van der Waals surface area (Å²) < 4.78 is 0. The standard InChI is InChI=1S/C23H26N2O2S/c26-25(27)23-14-13-21(28-23)17-24(15-18-7-2-1-3-8-18)16-20-11-6-10-19-9-4-5-12-22(19)20/h4-6,9-14,18H,1-3,7-8,15-17H2. The van der Waals surface area contributed by atoms with Gasteiger partial charge < -0.3 is 0 Å². The monoisotopic (exact) mass is 394 g/mol. The van der Waals surface area contributed by atoms with Crippen LogP contribution in [0.25, 0.3) is 10.8 Å². The summed E-state index contributed by atoms with van der Waals surface area (Å²) >= 11 is 1.30. The van der Waals surface area contributed by atoms with Gasteiger partial charge in [-0.3, -0.25) is 15.0 Å². The van der Waals surface area contributed by atoms with Gasteiger partial charge in [0, 0.05) is 30.6 Å². The topological polar surface area (TPSA) is 46.4 Å². The second kappa shape index (κ2) is 8.84. The number of fused-ring (bicyclic) bond motifs is 1. The van der Waals surface area contributed by atoms with E-state index in [1.54, 1.807) is 6.07 Å². The summed E-state index contributed by atoms with van der Waals surface area (Å²) in [5, 5.41) is 13.9. The van der Waals surface area contributed by atoms with Crippen LogP contribution in [0.5, 0.6) is 0 Å². The molecule has 0 unspecified atom stereocenters. The fraction of sp³-hybridized carbons (Fsp3) is 0.391. The summed E-state index contributed by atoms with van der Waals surface area (Å²) in [7, 11) is 0. The van der Waals surface area contributed by atoms with E-state index >= 15 is 0 Å². The molecule has 3 aromatic rings. The van der Waals surface area contributed by atoms with Gasteiger partial charge >= 0.3 is 5.00 Å². The molecule has 0 atom stereocenters. The summed E-state index contributed by atoms with van der Waals surface area (Å²) in [4.78, 5) is 14.3. The molecular formula is C23H26N2O2S. The second-order valence-corrected chi connectivity index (χ2v) is 8.96. The summed E-state index contributed by atoms with van der Waals surface area (Å²) in [6, 6.07) is 18.6. The van der Waals surface area contributed by atoms with Crippen molar-refractivity contribution in [1.29, 1.82) is 0 Å². The Kier molecular flexibility index (Phi) is 6.03. The second-order valence-electron chi connectivity index (χ2n) is 7.81. The van der Waals surface area contributed by atoms with Crippen molar-refractivity contribution in [2.75, 3.05) is 6.54 Å². The number of nitro groups is 1. The number of thiophene rings is 1. The minimum Gasteiger partial charge on any atom is -0.294 e. The molecule has 28 heavy (non-hydrogen) atoms. The minimum absolute atomic E-state index is 0.234. The molecule has 1 aliphatic rings. The molecule has 1 aromatic heterocycles. The number of benzene rings is 2. The van der Waals surface area contributed by atoms with Crippen LogP contribution in [0.4, 0.5) is 5.00 Å². The lowest BCUT2D eigenvalue weighted by atomic mass is 9.89. The van der Waals surface area contributed by atoms with Crippen molar-refractivity contribution >= 4 is 27.1 Å². The number of nitrogens with zero attached hydrogens (tertiary/aromatic N) is 2. The summed E-state index contributed by atoms with van der Waals surface area (Å²) in [5.41, 5.74) is 1.33. The van der Waals surface area contributed by atoms with Crippen molar-refractivity contribution in [2.45, 2.75) is 45.2 Å². The zero-order valence-electron chi connectivity index (χ0n) is 16.0. The lowest BCUT2D eigenvalue weighted by Crippen LogP contribution is -2.29. The Labute approximate surface area is 170 Å². The van der Waals surface area contributed by atoms with E-state index in [0.717, 1.165) is 30.4 Å². The van der Waals surface area contributed by atoms with E-state index in [1.807, 2.05) is 6.07 Å². The van der Waals surface area contributed by atoms with Crippen LogP contribution in [0.1, 0.15) is 42.5 Å². The Balaban J connectivity index is 1.56. The molecule has 0 aliphatic heterocycles. The molecule has 4 nitrogen and oxygen atoms in total. The first-order chi connectivity index (χ1) is 13.7. The molecule has 1 aliphatic carbocycles. The normalized spacial score (nSPS) is 15.3. The largest absolute Gasteiger partial charge is 0.324 e. The van der Waals surface area contributed by atoms with Crippen LogP contribution in [-0.2, 0) is 13.1 Å². The first kappa shape index (κ1) is 19.1. The van der Waals surface area contributed by atoms with Crippen molar-refractivity contribution in [1.82, 2.24) is 4.90 Å². The highest BCUT2D eigenvalue weighted by Crippen LogP contribution is 2.29. The molecule has 146 valence electrons. The van der Waals surface area contributed by atoms with Crippen molar-refractivity contribution < 1.29 is 4.92 Å². The highest BCUT2D eigenvalue weighted by atomic mass is 32.1. The van der Waals surface area contributed by atoms with E-state index in [-0.39, 0.29) is 9.92 Å². The fourth-order valence-electron chi connectivity index (χ4n) is 4.36. The molecule has 0 spiro atoms. The van der Waals surface area contributed by atoms with Crippen molar-refractivity contribution in [2.24, 2.45) is 5.92 Å². The lowest BCUT2D eigenvalue weighted by molar-refractivity contribution is -0.380. The van der Waals surface area contributed by atoms with Gasteiger partial charge in [-0.05, 0) is 41.2 Å². The molecule has 1 heterocycles. The number of hydrogen-bond acceptors (Lipinski definition) is 4. The van der Waals surface area contributed by atoms with Crippen LogP contribution in [0.15, 0.2) is 54.6 Å². The first-order valence-electron chi connectivity index (χ1n) is 10.1. The number of hydrogen-bond donors (Lipinski definition) is 0. The molecule has 1 fully saturated rings. The van der Waals surface area contributed by atoms with Gasteiger partial charge in [-0.2, -0.15) is 0 Å². The lowest BCUT2D eigenvalue weighted by Gasteiger charge is -2.30. The molecule has 1 saturated carbocycles. The first-order valence-corrected chi connectivity index (χ1v) is 10.9. The van der Waals surface area contributed by atoms with Gasteiger partial charge in [0.2, 0.25) is 0 Å². The number of rotatable bonds is 7. The Bertz CT molecular complexity index is 941. The van der Waals surface area contributed by atoms with E-state index in [2.05, 4.69) is 47.4 Å². The zero-order valence-corrected chi connectivity index (χ0v) is 16.9. The third kappa shape index (κ3) is 4.59. The maximum Gasteiger partial charge on any atom is 0.324 e. The highest BCUT2D eigenvalue weighted by Gasteiger charge is 2.20. The van der Waals surface area contributed by atoms with E-state index in [1.165, 1.54) is 59.8 Å². The van der Waals surface area contributed by atoms with Crippen molar-refractivity contribution in [3.63, 3.8) is 0 Å². The molecular weight excluding hydrogens is 368 g/mol. The summed E-state index contributed by atoms with van der Waals surface area (Å²) in [5.74, 6) is 0.735. The average Bonchev–Trinajstić information content (AvgIpc) is 3.18. The van der Waals surface area contributed by atoms with Gasteiger partial charge in [-0.1, -0.05) is 73.1 Å². The molecule has 4 rings (SSSR count). The van der Waals surface area contributed by atoms with E-state index in [9.17, 15) is 10.1 Å². The molecule has 0 radical (unpaired) electrons. The van der Waals surface area contributed by atoms with Crippen molar-refractivity contribution in [3.05, 3.63) is 75.2 Å². The minimum atomic E-state index is -0.287. The molecule has 0 bridgehead atoms. The van der Waals surface area contributed by atoms with Gasteiger partial charge in [-0.25, -0.2) is 0 Å².